The van der Waals surface area contributed by atoms with Gasteiger partial charge in [-0.05, 0) is 54.8 Å². The highest BCUT2D eigenvalue weighted by atomic mass is 32.1. The molecule has 5 rings (SSSR count). The molecule has 3 aromatic heterocycles. The summed E-state index contributed by atoms with van der Waals surface area (Å²) in [7, 11) is 0. The van der Waals surface area contributed by atoms with Gasteiger partial charge in [0.15, 0.2) is 10.9 Å². The summed E-state index contributed by atoms with van der Waals surface area (Å²) in [6, 6.07) is 13.5. The zero-order valence-electron chi connectivity index (χ0n) is 21.3. The number of carboxylic acids is 1. The monoisotopic (exact) mass is 537 g/mol. The van der Waals surface area contributed by atoms with Crippen LogP contribution in [-0.4, -0.2) is 52.0 Å². The summed E-state index contributed by atoms with van der Waals surface area (Å²) in [6.07, 6.45) is 2.13. The summed E-state index contributed by atoms with van der Waals surface area (Å²) in [5, 5.41) is 15.6. The maximum atomic E-state index is 13.5. The minimum atomic E-state index is -0.898. The van der Waals surface area contributed by atoms with Crippen molar-refractivity contribution in [1.29, 1.82) is 0 Å². The van der Waals surface area contributed by atoms with E-state index >= 15 is 0 Å². The fourth-order valence-electron chi connectivity index (χ4n) is 5.44. The van der Waals surface area contributed by atoms with Crippen molar-refractivity contribution in [1.82, 2.24) is 9.88 Å². The molecule has 0 saturated carbocycles. The molecule has 0 bridgehead atoms. The third-order valence-corrected chi connectivity index (χ3v) is 9.01. The Kier molecular flexibility index (Phi) is 6.95. The second-order valence-corrected chi connectivity index (χ2v) is 12.2. The van der Waals surface area contributed by atoms with Gasteiger partial charge >= 0.3 is 5.97 Å². The molecule has 7 nitrogen and oxygen atoms in total. The molecule has 194 valence electrons. The molecule has 1 fully saturated rings. The number of carboxylic acid groups (broad SMARTS) is 1. The van der Waals surface area contributed by atoms with Gasteiger partial charge in [0.25, 0.3) is 5.91 Å². The highest BCUT2D eigenvalue weighted by molar-refractivity contribution is 7.14. The van der Waals surface area contributed by atoms with Crippen LogP contribution in [0, 0.1) is 5.41 Å². The molecule has 0 spiro atoms. The maximum Gasteiger partial charge on any atom is 0.324 e. The Morgan fingerprint density at radius 1 is 1.19 bits per heavy atom. The highest BCUT2D eigenvalue weighted by Crippen LogP contribution is 2.44. The molecular weight excluding hydrogens is 506 g/mol. The number of hydrogen-bond donors (Lipinski definition) is 1. The number of nitrogens with zero attached hydrogens (tertiary/aromatic N) is 3. The van der Waals surface area contributed by atoms with Crippen LogP contribution in [0.2, 0.25) is 0 Å². The van der Waals surface area contributed by atoms with Crippen molar-refractivity contribution >= 4 is 50.7 Å². The number of amides is 1. The summed E-state index contributed by atoms with van der Waals surface area (Å²) in [6.45, 7) is 7.79. The number of thiophene rings is 1. The Balaban J connectivity index is 1.37. The molecule has 4 heterocycles. The van der Waals surface area contributed by atoms with E-state index in [0.717, 1.165) is 23.9 Å². The summed E-state index contributed by atoms with van der Waals surface area (Å²) in [4.78, 5) is 35.2. The minimum absolute atomic E-state index is 0.0951. The smallest absolute Gasteiger partial charge is 0.324 e. The predicted molar refractivity (Wildman–Crippen MR) is 149 cm³/mol. The molecule has 0 aliphatic carbocycles. The zero-order chi connectivity index (χ0) is 26.2. The number of benzene rings is 1. The molecule has 9 heteroatoms. The van der Waals surface area contributed by atoms with Gasteiger partial charge in [0.2, 0.25) is 0 Å². The van der Waals surface area contributed by atoms with Crippen LogP contribution < -0.4 is 4.90 Å². The van der Waals surface area contributed by atoms with Crippen LogP contribution in [-0.2, 0) is 4.79 Å². The molecule has 1 atom stereocenters. The van der Waals surface area contributed by atoms with Crippen LogP contribution in [0.25, 0.3) is 22.4 Å². The molecule has 0 radical (unpaired) electrons. The topological polar surface area (TPSA) is 86.9 Å². The quantitative estimate of drug-likeness (QED) is 0.272. The van der Waals surface area contributed by atoms with Crippen molar-refractivity contribution in [3.63, 3.8) is 0 Å². The summed E-state index contributed by atoms with van der Waals surface area (Å²) in [5.74, 6) is -0.192. The number of carbonyl (C=O) groups excluding carboxylic acids is 1. The van der Waals surface area contributed by atoms with Crippen LogP contribution in [0.3, 0.4) is 0 Å². The fraction of sp³-hybridized carbons (Fsp3) is 0.393. The number of carbonyl (C=O) groups is 2. The summed E-state index contributed by atoms with van der Waals surface area (Å²) >= 11 is 2.82. The lowest BCUT2D eigenvalue weighted by Gasteiger charge is -2.45. The average molecular weight is 538 g/mol. The van der Waals surface area contributed by atoms with Gasteiger partial charge in [-0.3, -0.25) is 19.4 Å². The van der Waals surface area contributed by atoms with E-state index in [-0.39, 0.29) is 5.91 Å². The molecule has 1 saturated heterocycles. The zero-order valence-corrected chi connectivity index (χ0v) is 22.9. The Bertz CT molecular complexity index is 1370. The van der Waals surface area contributed by atoms with Gasteiger partial charge in [-0.25, -0.2) is 4.98 Å². The lowest BCUT2D eigenvalue weighted by molar-refractivity contribution is -0.157. The van der Waals surface area contributed by atoms with Crippen LogP contribution in [0.15, 0.2) is 57.6 Å². The molecule has 1 aliphatic heterocycles. The molecule has 1 aromatic carbocycles. The van der Waals surface area contributed by atoms with Crippen molar-refractivity contribution in [3.8, 4) is 11.5 Å². The van der Waals surface area contributed by atoms with Crippen molar-refractivity contribution in [2.45, 2.75) is 45.6 Å². The van der Waals surface area contributed by atoms with E-state index in [2.05, 4.69) is 4.90 Å². The number of rotatable bonds is 8. The summed E-state index contributed by atoms with van der Waals surface area (Å²) < 4.78 is 5.99. The van der Waals surface area contributed by atoms with Gasteiger partial charge in [0.1, 0.15) is 16.8 Å². The van der Waals surface area contributed by atoms with Crippen LogP contribution in [0.5, 0.6) is 0 Å². The lowest BCUT2D eigenvalue weighted by atomic mass is 9.71. The third-order valence-electron chi connectivity index (χ3n) is 7.29. The number of furan rings is 1. The third kappa shape index (κ3) is 4.71. The van der Waals surface area contributed by atoms with E-state index in [4.69, 9.17) is 9.40 Å². The summed E-state index contributed by atoms with van der Waals surface area (Å²) in [5.41, 5.74) is 0.186. The lowest BCUT2D eigenvalue weighted by Crippen LogP contribution is -2.59. The molecule has 1 N–H and O–H groups in total. The molecule has 4 aromatic rings. The van der Waals surface area contributed by atoms with Crippen molar-refractivity contribution in [3.05, 3.63) is 58.1 Å². The first-order valence-electron chi connectivity index (χ1n) is 12.5. The molecule has 1 unspecified atom stereocenters. The van der Waals surface area contributed by atoms with Crippen molar-refractivity contribution in [2.75, 3.05) is 24.5 Å². The molecule has 37 heavy (non-hydrogen) atoms. The number of likely N-dealkylation sites (tertiary alicyclic amines) is 1. The minimum Gasteiger partial charge on any atom is -0.480 e. The van der Waals surface area contributed by atoms with E-state index < -0.39 is 16.9 Å². The maximum absolute atomic E-state index is 13.5. The predicted octanol–water partition coefficient (Wildman–Crippen LogP) is 6.62. The highest BCUT2D eigenvalue weighted by Gasteiger charge is 2.55. The first kappa shape index (κ1) is 25.6. The van der Waals surface area contributed by atoms with Gasteiger partial charge in [-0.1, -0.05) is 45.0 Å². The Hall–Kier alpha value is -3.01. The van der Waals surface area contributed by atoms with Gasteiger partial charge in [0, 0.05) is 23.9 Å². The first-order chi connectivity index (χ1) is 17.7. The number of aliphatic carboxylic acids is 1. The second-order valence-electron chi connectivity index (χ2n) is 10.5. The number of fused-ring (bicyclic) bond motifs is 1. The van der Waals surface area contributed by atoms with Gasteiger partial charge in [-0.2, -0.15) is 0 Å². The number of thiazole rings is 1. The van der Waals surface area contributed by atoms with E-state index in [1.54, 1.807) is 4.90 Å². The first-order valence-corrected chi connectivity index (χ1v) is 14.2. The van der Waals surface area contributed by atoms with Crippen LogP contribution in [0.4, 0.5) is 5.13 Å². The molecular formula is C28H31N3O4S2. The van der Waals surface area contributed by atoms with E-state index in [0.29, 0.717) is 47.4 Å². The average Bonchev–Trinajstić information content (AvgIpc) is 3.66. The van der Waals surface area contributed by atoms with Crippen molar-refractivity contribution in [2.24, 2.45) is 5.41 Å². The van der Waals surface area contributed by atoms with Gasteiger partial charge in [0.05, 0.1) is 4.88 Å². The number of hydrogen-bond acceptors (Lipinski definition) is 7. The molecule has 1 aliphatic rings. The van der Waals surface area contributed by atoms with Crippen molar-refractivity contribution < 1.29 is 19.1 Å². The normalized spacial score (nSPS) is 18.5. The Morgan fingerprint density at radius 3 is 2.70 bits per heavy atom. The van der Waals surface area contributed by atoms with Gasteiger partial charge in [-0.15, -0.1) is 22.7 Å². The SMILES string of the molecule is CC(C)(C)C1(C(=O)O)CCCN1CCCN(C(=O)c1cccs1)c1nc(-c2cc3ccccc3o2)cs1. The van der Waals surface area contributed by atoms with Gasteiger partial charge < -0.3 is 9.52 Å². The Morgan fingerprint density at radius 2 is 2.00 bits per heavy atom. The Labute approximate surface area is 224 Å². The standard InChI is InChI=1S/C28H31N3O4S2/c1-27(2,3)28(25(33)34)12-7-13-30(28)14-8-15-31(24(32)23-11-6-16-36-23)26-29-20(18-37-26)22-17-19-9-4-5-10-21(19)35-22/h4-6,9-11,16-18H,7-8,12-15H2,1-3H3,(H,33,34). The second kappa shape index (κ2) is 10.0. The van der Waals surface area contributed by atoms with Crippen LogP contribution in [0.1, 0.15) is 49.7 Å². The largest absolute Gasteiger partial charge is 0.480 e. The van der Waals surface area contributed by atoms with E-state index in [1.165, 1.54) is 22.7 Å². The van der Waals surface area contributed by atoms with E-state index in [9.17, 15) is 14.7 Å². The van der Waals surface area contributed by atoms with E-state index in [1.807, 2.05) is 74.0 Å². The molecule has 1 amide bonds. The number of aromatic nitrogens is 1. The number of para-hydroxylation sites is 1. The van der Waals surface area contributed by atoms with Crippen LogP contribution >= 0.6 is 22.7 Å². The fourth-order valence-corrected chi connectivity index (χ4v) is 6.95. The number of anilines is 1.